The Bertz CT molecular complexity index is 442. The number of ether oxygens (including phenoxy) is 1. The van der Waals surface area contributed by atoms with E-state index in [4.69, 9.17) is 10.5 Å². The van der Waals surface area contributed by atoms with Gasteiger partial charge in [0.05, 0.1) is 11.8 Å². The average Bonchev–Trinajstić information content (AvgIpc) is 2.44. The third-order valence-corrected chi connectivity index (χ3v) is 3.93. The van der Waals surface area contributed by atoms with Gasteiger partial charge in [-0.05, 0) is 71.3 Å². The van der Waals surface area contributed by atoms with E-state index in [0.29, 0.717) is 11.6 Å². The van der Waals surface area contributed by atoms with E-state index in [-0.39, 0.29) is 6.10 Å². The van der Waals surface area contributed by atoms with Crippen LogP contribution < -0.4 is 15.8 Å². The van der Waals surface area contributed by atoms with Gasteiger partial charge in [0.25, 0.3) is 0 Å². The van der Waals surface area contributed by atoms with Crippen LogP contribution in [-0.4, -0.2) is 42.7 Å². The molecule has 0 bridgehead atoms. The number of nitrogens with zero attached hydrogens (tertiary/aromatic N) is 2. The van der Waals surface area contributed by atoms with Crippen LogP contribution in [0.25, 0.3) is 0 Å². The van der Waals surface area contributed by atoms with Crippen LogP contribution in [0.1, 0.15) is 33.1 Å². The minimum Gasteiger partial charge on any atom is -0.473 e. The van der Waals surface area contributed by atoms with Crippen molar-refractivity contribution in [2.75, 3.05) is 37.7 Å². The van der Waals surface area contributed by atoms with Gasteiger partial charge in [-0.3, -0.25) is 0 Å². The van der Waals surface area contributed by atoms with Crippen LogP contribution >= 0.6 is 0 Å². The second kappa shape index (κ2) is 7.50. The fourth-order valence-corrected chi connectivity index (χ4v) is 2.62. The van der Waals surface area contributed by atoms with Gasteiger partial charge in [-0.2, -0.15) is 4.98 Å². The lowest BCUT2D eigenvalue weighted by molar-refractivity contribution is 0.215. The molecule has 1 aliphatic heterocycles. The van der Waals surface area contributed by atoms with Gasteiger partial charge < -0.3 is 20.7 Å². The van der Waals surface area contributed by atoms with Crippen LogP contribution in [0, 0.1) is 5.92 Å². The van der Waals surface area contributed by atoms with Crippen molar-refractivity contribution in [3.05, 3.63) is 12.1 Å². The lowest BCUT2D eigenvalue weighted by Crippen LogP contribution is -2.30. The molecule has 0 aliphatic carbocycles. The number of anilines is 2. The number of hydrogen-bond acceptors (Lipinski definition) is 5. The van der Waals surface area contributed by atoms with Crippen LogP contribution in [0.5, 0.6) is 5.88 Å². The maximum Gasteiger partial charge on any atom is 0.239 e. The number of aromatic nitrogens is 1. The van der Waals surface area contributed by atoms with Crippen molar-refractivity contribution in [2.45, 2.75) is 39.2 Å². The Morgan fingerprint density at radius 2 is 2.10 bits per heavy atom. The van der Waals surface area contributed by atoms with Crippen LogP contribution in [-0.2, 0) is 0 Å². The molecule has 1 aliphatic rings. The minimum atomic E-state index is 0.0780. The average molecular weight is 292 g/mol. The Morgan fingerprint density at radius 3 is 2.76 bits per heavy atom. The van der Waals surface area contributed by atoms with E-state index in [2.05, 4.69) is 22.2 Å². The first-order chi connectivity index (χ1) is 10.0. The summed E-state index contributed by atoms with van der Waals surface area (Å²) < 4.78 is 5.61. The smallest absolute Gasteiger partial charge is 0.239 e. The Balaban J connectivity index is 1.80. The van der Waals surface area contributed by atoms with E-state index in [1.165, 1.54) is 32.4 Å². The van der Waals surface area contributed by atoms with Gasteiger partial charge in [0.1, 0.15) is 5.82 Å². The highest BCUT2D eigenvalue weighted by molar-refractivity contribution is 5.53. The van der Waals surface area contributed by atoms with Gasteiger partial charge in [0.2, 0.25) is 5.88 Å². The summed E-state index contributed by atoms with van der Waals surface area (Å²) in [5.74, 6) is 2.19. The predicted molar refractivity (Wildman–Crippen MR) is 87.7 cm³/mol. The number of hydrogen-bond donors (Lipinski definition) is 2. The van der Waals surface area contributed by atoms with E-state index >= 15 is 0 Å². The Hall–Kier alpha value is -1.49. The number of pyridine rings is 1. The van der Waals surface area contributed by atoms with Crippen LogP contribution in [0.3, 0.4) is 0 Å². The molecule has 0 unspecified atom stereocenters. The standard InChI is InChI=1S/C16H28N4O/c1-12(2)21-16-14(17)4-5-15(19-16)18-9-6-13-7-10-20(3)11-8-13/h4-5,12-13H,6-11,17H2,1-3H3,(H,18,19). The summed E-state index contributed by atoms with van der Waals surface area (Å²) in [5.41, 5.74) is 6.46. The van der Waals surface area contributed by atoms with Crippen molar-refractivity contribution in [3.63, 3.8) is 0 Å². The molecule has 1 aromatic rings. The molecule has 1 fully saturated rings. The van der Waals surface area contributed by atoms with Gasteiger partial charge in [-0.25, -0.2) is 0 Å². The van der Waals surface area contributed by atoms with Crippen molar-refractivity contribution in [1.29, 1.82) is 0 Å². The summed E-state index contributed by atoms with van der Waals surface area (Å²) in [6, 6.07) is 3.76. The SMILES string of the molecule is CC(C)Oc1nc(NCCC2CCN(C)CC2)ccc1N. The van der Waals surface area contributed by atoms with Crippen LogP contribution in [0.4, 0.5) is 11.5 Å². The number of likely N-dealkylation sites (tertiary alicyclic amines) is 1. The second-order valence-corrected chi connectivity index (χ2v) is 6.22. The summed E-state index contributed by atoms with van der Waals surface area (Å²) in [7, 11) is 2.20. The third-order valence-electron chi connectivity index (χ3n) is 3.93. The van der Waals surface area contributed by atoms with Crippen molar-refractivity contribution in [3.8, 4) is 5.88 Å². The second-order valence-electron chi connectivity index (χ2n) is 6.22. The molecule has 0 aromatic carbocycles. The molecule has 5 nitrogen and oxygen atoms in total. The first kappa shape index (κ1) is 15.9. The largest absolute Gasteiger partial charge is 0.473 e. The van der Waals surface area contributed by atoms with Crippen molar-refractivity contribution >= 4 is 11.5 Å². The van der Waals surface area contributed by atoms with Gasteiger partial charge in [0.15, 0.2) is 0 Å². The van der Waals surface area contributed by atoms with Gasteiger partial charge in [-0.1, -0.05) is 0 Å². The molecular weight excluding hydrogens is 264 g/mol. The molecule has 5 heteroatoms. The Morgan fingerprint density at radius 1 is 1.38 bits per heavy atom. The summed E-state index contributed by atoms with van der Waals surface area (Å²) in [6.45, 7) is 7.34. The molecule has 0 spiro atoms. The maximum atomic E-state index is 5.88. The van der Waals surface area contributed by atoms with E-state index in [9.17, 15) is 0 Å². The van der Waals surface area contributed by atoms with Crippen LogP contribution in [0.2, 0.25) is 0 Å². The maximum absolute atomic E-state index is 5.88. The molecular formula is C16H28N4O. The van der Waals surface area contributed by atoms with Crippen molar-refractivity contribution < 1.29 is 4.74 Å². The first-order valence-electron chi connectivity index (χ1n) is 7.90. The van der Waals surface area contributed by atoms with E-state index in [0.717, 1.165) is 18.3 Å². The van der Waals surface area contributed by atoms with Crippen molar-refractivity contribution in [1.82, 2.24) is 9.88 Å². The minimum absolute atomic E-state index is 0.0780. The fourth-order valence-electron chi connectivity index (χ4n) is 2.62. The summed E-state index contributed by atoms with van der Waals surface area (Å²) in [6.07, 6.45) is 3.87. The zero-order chi connectivity index (χ0) is 15.2. The highest BCUT2D eigenvalue weighted by Crippen LogP contribution is 2.23. The first-order valence-corrected chi connectivity index (χ1v) is 7.90. The molecule has 2 heterocycles. The van der Waals surface area contributed by atoms with Gasteiger partial charge >= 0.3 is 0 Å². The van der Waals surface area contributed by atoms with Gasteiger partial charge in [0, 0.05) is 6.54 Å². The number of rotatable bonds is 6. The van der Waals surface area contributed by atoms with Gasteiger partial charge in [-0.15, -0.1) is 0 Å². The molecule has 1 aromatic heterocycles. The van der Waals surface area contributed by atoms with E-state index in [1.807, 2.05) is 26.0 Å². The van der Waals surface area contributed by atoms with E-state index < -0.39 is 0 Å². The summed E-state index contributed by atoms with van der Waals surface area (Å²) >= 11 is 0. The Labute approximate surface area is 127 Å². The lowest BCUT2D eigenvalue weighted by Gasteiger charge is -2.28. The molecule has 2 rings (SSSR count). The molecule has 0 atom stereocenters. The normalized spacial score (nSPS) is 17.1. The topological polar surface area (TPSA) is 63.4 Å². The zero-order valence-electron chi connectivity index (χ0n) is 13.4. The van der Waals surface area contributed by atoms with Crippen molar-refractivity contribution in [2.24, 2.45) is 5.92 Å². The molecule has 0 amide bonds. The number of nitrogens with two attached hydrogens (primary N) is 1. The highest BCUT2D eigenvalue weighted by atomic mass is 16.5. The number of nitrogen functional groups attached to an aromatic ring is 1. The number of nitrogens with one attached hydrogen (secondary N) is 1. The summed E-state index contributed by atoms with van der Waals surface area (Å²) in [5, 5.41) is 3.38. The molecule has 0 radical (unpaired) electrons. The molecule has 21 heavy (non-hydrogen) atoms. The lowest BCUT2D eigenvalue weighted by atomic mass is 9.94. The monoisotopic (exact) mass is 292 g/mol. The van der Waals surface area contributed by atoms with Crippen LogP contribution in [0.15, 0.2) is 12.1 Å². The third kappa shape index (κ3) is 5.08. The highest BCUT2D eigenvalue weighted by Gasteiger charge is 2.16. The molecule has 0 saturated carbocycles. The summed E-state index contributed by atoms with van der Waals surface area (Å²) in [4.78, 5) is 6.84. The van der Waals surface area contributed by atoms with E-state index in [1.54, 1.807) is 0 Å². The predicted octanol–water partition coefficient (Wildman–Crippen LogP) is 2.59. The molecule has 118 valence electrons. The molecule has 3 N–H and O–H groups in total. The quantitative estimate of drug-likeness (QED) is 0.844. The number of piperidine rings is 1. The zero-order valence-corrected chi connectivity index (χ0v) is 13.4. The fraction of sp³-hybridized carbons (Fsp3) is 0.688. The Kier molecular flexibility index (Phi) is 5.67. The molecule has 1 saturated heterocycles.